The molecule has 0 aromatic carbocycles. The third-order valence-corrected chi connectivity index (χ3v) is 5.69. The molecule has 1 unspecified atom stereocenters. The molecule has 2 aliphatic rings. The molecule has 1 heterocycles. The van der Waals surface area contributed by atoms with Gasteiger partial charge in [-0.1, -0.05) is 39.0 Å². The van der Waals surface area contributed by atoms with Gasteiger partial charge in [0.2, 0.25) is 5.91 Å². The quantitative estimate of drug-likeness (QED) is 0.599. The molecular formula is C16H29NOS. The molecule has 1 atom stereocenters. The highest BCUT2D eigenvalue weighted by Gasteiger charge is 2.37. The first-order chi connectivity index (χ1) is 9.19. The van der Waals surface area contributed by atoms with E-state index in [0.29, 0.717) is 17.2 Å². The van der Waals surface area contributed by atoms with Crippen LogP contribution in [0.1, 0.15) is 64.7 Å². The summed E-state index contributed by atoms with van der Waals surface area (Å²) in [5.41, 5.74) is 0.302. The lowest BCUT2D eigenvalue weighted by atomic mass is 9.81. The molecule has 1 aliphatic carbocycles. The average Bonchev–Trinajstić information content (AvgIpc) is 2.63. The first-order valence-corrected chi connectivity index (χ1v) is 8.71. The molecule has 1 saturated heterocycles. The summed E-state index contributed by atoms with van der Waals surface area (Å²) in [6, 6.07) is 0. The van der Waals surface area contributed by atoms with Gasteiger partial charge in [0.25, 0.3) is 0 Å². The monoisotopic (exact) mass is 283 g/mol. The van der Waals surface area contributed by atoms with E-state index in [0.717, 1.165) is 25.3 Å². The summed E-state index contributed by atoms with van der Waals surface area (Å²) in [6.45, 7) is 4.19. The molecule has 1 aliphatic heterocycles. The minimum absolute atomic E-state index is 0.302. The first kappa shape index (κ1) is 15.2. The molecule has 2 nitrogen and oxygen atoms in total. The van der Waals surface area contributed by atoms with Crippen LogP contribution in [0, 0.1) is 11.3 Å². The summed E-state index contributed by atoms with van der Waals surface area (Å²) in [5.74, 6) is 1.94. The third kappa shape index (κ3) is 3.90. The first-order valence-electron chi connectivity index (χ1n) is 8.08. The van der Waals surface area contributed by atoms with Gasteiger partial charge in [0.15, 0.2) is 0 Å². The van der Waals surface area contributed by atoms with Crippen LogP contribution in [0.5, 0.6) is 0 Å². The summed E-state index contributed by atoms with van der Waals surface area (Å²) in [6.07, 6.45) is 11.1. The van der Waals surface area contributed by atoms with Crippen molar-refractivity contribution in [2.75, 3.05) is 18.8 Å². The Hall–Kier alpha value is -0.180. The highest BCUT2D eigenvalue weighted by molar-refractivity contribution is 7.80. The Morgan fingerprint density at radius 3 is 2.53 bits per heavy atom. The molecule has 0 N–H and O–H groups in total. The fraction of sp³-hybridized carbons (Fsp3) is 0.938. The Balaban J connectivity index is 1.95. The van der Waals surface area contributed by atoms with Gasteiger partial charge in [-0.25, -0.2) is 0 Å². The number of carbonyl (C=O) groups is 1. The summed E-state index contributed by atoms with van der Waals surface area (Å²) in [7, 11) is 0. The molecule has 2 fully saturated rings. The molecule has 0 spiro atoms. The Morgan fingerprint density at radius 1 is 1.26 bits per heavy atom. The van der Waals surface area contributed by atoms with Crippen LogP contribution in [0.25, 0.3) is 0 Å². The van der Waals surface area contributed by atoms with Crippen LogP contribution in [0.4, 0.5) is 0 Å². The maximum absolute atomic E-state index is 12.2. The third-order valence-electron chi connectivity index (χ3n) is 5.02. The summed E-state index contributed by atoms with van der Waals surface area (Å²) < 4.78 is 0. The van der Waals surface area contributed by atoms with E-state index in [-0.39, 0.29) is 0 Å². The maximum Gasteiger partial charge on any atom is 0.222 e. The van der Waals surface area contributed by atoms with Crippen molar-refractivity contribution in [3.05, 3.63) is 0 Å². The number of carbonyl (C=O) groups excluding carboxylic acids is 1. The van der Waals surface area contributed by atoms with Crippen molar-refractivity contribution in [3.63, 3.8) is 0 Å². The zero-order valence-electron chi connectivity index (χ0n) is 12.4. The second kappa shape index (κ2) is 7.01. The Kier molecular flexibility index (Phi) is 5.61. The Morgan fingerprint density at radius 2 is 1.95 bits per heavy atom. The summed E-state index contributed by atoms with van der Waals surface area (Å²) in [5, 5.41) is 0. The van der Waals surface area contributed by atoms with Gasteiger partial charge in [0, 0.05) is 19.5 Å². The minimum atomic E-state index is 0.302. The van der Waals surface area contributed by atoms with Gasteiger partial charge in [-0.15, -0.1) is 0 Å². The van der Waals surface area contributed by atoms with Crippen LogP contribution in [0.3, 0.4) is 0 Å². The van der Waals surface area contributed by atoms with E-state index in [4.69, 9.17) is 0 Å². The molecule has 3 heteroatoms. The molecule has 1 amide bonds. The lowest BCUT2D eigenvalue weighted by molar-refractivity contribution is -0.129. The zero-order chi connectivity index (χ0) is 13.7. The fourth-order valence-electron chi connectivity index (χ4n) is 3.86. The SMILES string of the molecule is CCCC1CC(=O)N(CC2(CS)CCCCCC2)C1. The average molecular weight is 283 g/mol. The topological polar surface area (TPSA) is 20.3 Å². The molecule has 0 radical (unpaired) electrons. The van der Waals surface area contributed by atoms with E-state index in [1.165, 1.54) is 51.4 Å². The normalized spacial score (nSPS) is 27.6. The van der Waals surface area contributed by atoms with Crippen LogP contribution in [0.15, 0.2) is 0 Å². The van der Waals surface area contributed by atoms with E-state index < -0.39 is 0 Å². The van der Waals surface area contributed by atoms with Crippen molar-refractivity contribution in [1.29, 1.82) is 0 Å². The second-order valence-corrected chi connectivity index (χ2v) is 7.02. The lowest BCUT2D eigenvalue weighted by Crippen LogP contribution is -2.40. The van der Waals surface area contributed by atoms with Gasteiger partial charge in [0.1, 0.15) is 0 Å². The molecule has 2 rings (SSSR count). The van der Waals surface area contributed by atoms with Crippen molar-refractivity contribution < 1.29 is 4.79 Å². The van der Waals surface area contributed by atoms with Crippen LogP contribution in [-0.4, -0.2) is 29.6 Å². The summed E-state index contributed by atoms with van der Waals surface area (Å²) >= 11 is 4.63. The number of thiol groups is 1. The molecule has 110 valence electrons. The number of rotatable bonds is 5. The number of hydrogen-bond acceptors (Lipinski definition) is 2. The van der Waals surface area contributed by atoms with Crippen molar-refractivity contribution in [1.82, 2.24) is 4.90 Å². The van der Waals surface area contributed by atoms with E-state index in [9.17, 15) is 4.79 Å². The molecule has 0 aromatic rings. The summed E-state index contributed by atoms with van der Waals surface area (Å²) in [4.78, 5) is 14.3. The standard InChI is InChI=1S/C16H29NOS/c1-2-7-14-10-15(18)17(11-14)12-16(13-19)8-5-3-4-6-9-16/h14,19H,2-13H2,1H3. The van der Waals surface area contributed by atoms with Gasteiger partial charge < -0.3 is 4.90 Å². The van der Waals surface area contributed by atoms with E-state index >= 15 is 0 Å². The molecule has 1 saturated carbocycles. The number of hydrogen-bond donors (Lipinski definition) is 1. The number of nitrogens with zero attached hydrogens (tertiary/aromatic N) is 1. The van der Waals surface area contributed by atoms with Gasteiger partial charge >= 0.3 is 0 Å². The largest absolute Gasteiger partial charge is 0.342 e. The molecule has 19 heavy (non-hydrogen) atoms. The second-order valence-electron chi connectivity index (χ2n) is 6.71. The van der Waals surface area contributed by atoms with Gasteiger partial charge in [-0.3, -0.25) is 4.79 Å². The Labute approximate surface area is 123 Å². The van der Waals surface area contributed by atoms with Crippen LogP contribution < -0.4 is 0 Å². The number of likely N-dealkylation sites (tertiary alicyclic amines) is 1. The maximum atomic E-state index is 12.2. The van der Waals surface area contributed by atoms with E-state index in [1.807, 2.05) is 0 Å². The van der Waals surface area contributed by atoms with Crippen molar-refractivity contribution in [3.8, 4) is 0 Å². The highest BCUT2D eigenvalue weighted by atomic mass is 32.1. The lowest BCUT2D eigenvalue weighted by Gasteiger charge is -2.35. The van der Waals surface area contributed by atoms with Gasteiger partial charge in [0.05, 0.1) is 0 Å². The number of amides is 1. The fourth-order valence-corrected chi connectivity index (χ4v) is 4.27. The van der Waals surface area contributed by atoms with Crippen molar-refractivity contribution in [2.24, 2.45) is 11.3 Å². The van der Waals surface area contributed by atoms with Crippen LogP contribution in [-0.2, 0) is 4.79 Å². The van der Waals surface area contributed by atoms with Crippen LogP contribution >= 0.6 is 12.6 Å². The molecular weight excluding hydrogens is 254 g/mol. The van der Waals surface area contributed by atoms with Gasteiger partial charge in [-0.05, 0) is 36.3 Å². The predicted molar refractivity (Wildman–Crippen MR) is 83.6 cm³/mol. The minimum Gasteiger partial charge on any atom is -0.342 e. The predicted octanol–water partition coefficient (Wildman–Crippen LogP) is 3.91. The van der Waals surface area contributed by atoms with Gasteiger partial charge in [-0.2, -0.15) is 12.6 Å². The van der Waals surface area contributed by atoms with Crippen molar-refractivity contribution >= 4 is 18.5 Å². The zero-order valence-corrected chi connectivity index (χ0v) is 13.3. The smallest absolute Gasteiger partial charge is 0.222 e. The van der Waals surface area contributed by atoms with E-state index in [2.05, 4.69) is 24.5 Å². The highest BCUT2D eigenvalue weighted by Crippen LogP contribution is 2.38. The Bertz CT molecular complexity index is 297. The van der Waals surface area contributed by atoms with E-state index in [1.54, 1.807) is 0 Å². The molecule has 0 bridgehead atoms. The van der Waals surface area contributed by atoms with Crippen molar-refractivity contribution in [2.45, 2.75) is 64.7 Å². The van der Waals surface area contributed by atoms with Crippen LogP contribution in [0.2, 0.25) is 0 Å². The molecule has 0 aromatic heterocycles.